The molecule has 1 aliphatic rings. The summed E-state index contributed by atoms with van der Waals surface area (Å²) in [4.78, 5) is 40.5. The fourth-order valence-electron chi connectivity index (χ4n) is 3.37. The van der Waals surface area contributed by atoms with Gasteiger partial charge in [-0.2, -0.15) is 4.98 Å². The molecule has 0 bridgehead atoms. The standard InChI is InChI=1S/C14H21N3O3.C11H15N3O/c1-14(2,16)13(19)17-11(12(15)18)9-20-8-10-6-4-3-5-7-10;1-10-3-2-5-14(7-10)11(15)8-13-6-4-12-9-13/h3-7,11H,8-9,16H2,1-2H3,(H2,15,18)(H,17,19);9-10H,2-3,5,7-8H2,1H3/t11-;/m1./s1. The van der Waals surface area contributed by atoms with E-state index in [4.69, 9.17) is 16.2 Å². The van der Waals surface area contributed by atoms with Gasteiger partial charge >= 0.3 is 0 Å². The molecule has 3 amide bonds. The van der Waals surface area contributed by atoms with Gasteiger partial charge < -0.3 is 26.4 Å². The minimum Gasteiger partial charge on any atom is -0.374 e. The number of amides is 3. The highest BCUT2D eigenvalue weighted by Crippen LogP contribution is 2.15. The molecule has 35 heavy (non-hydrogen) atoms. The number of nitrogens with zero attached hydrogens (tertiary/aromatic N) is 3. The number of likely N-dealkylation sites (tertiary alicyclic amines) is 1. The van der Waals surface area contributed by atoms with E-state index < -0.39 is 23.4 Å². The molecule has 3 rings (SSSR count). The second-order valence-electron chi connectivity index (χ2n) is 9.33. The number of nitrogens with two attached hydrogens (primary N) is 2. The Hall–Kier alpha value is -3.42. The highest BCUT2D eigenvalue weighted by Gasteiger charge is 2.27. The lowest BCUT2D eigenvalue weighted by Gasteiger charge is -2.30. The Labute approximate surface area is 207 Å². The van der Waals surface area contributed by atoms with E-state index in [1.54, 1.807) is 24.7 Å². The first kappa shape index (κ1) is 27.8. The predicted molar refractivity (Wildman–Crippen MR) is 130 cm³/mol. The molecule has 1 aromatic carbocycles. The monoisotopic (exact) mass is 484 g/mol. The molecule has 2 atom stereocenters. The molecule has 2 aromatic rings. The van der Waals surface area contributed by atoms with Crippen LogP contribution in [-0.2, 0) is 32.3 Å². The van der Waals surface area contributed by atoms with Gasteiger partial charge in [0.2, 0.25) is 17.7 Å². The predicted octanol–water partition coefficient (Wildman–Crippen LogP) is 0.653. The van der Waals surface area contributed by atoms with Crippen molar-refractivity contribution in [3.05, 3.63) is 54.6 Å². The maximum atomic E-state index is 11.9. The van der Waals surface area contributed by atoms with Gasteiger partial charge in [-0.15, -0.1) is 0 Å². The molecule has 1 fully saturated rings. The van der Waals surface area contributed by atoms with E-state index >= 15 is 0 Å². The van der Waals surface area contributed by atoms with Crippen molar-refractivity contribution in [2.45, 2.75) is 58.3 Å². The molecular formula is C25H36N6O4. The van der Waals surface area contributed by atoms with Crippen LogP contribution in [0.3, 0.4) is 0 Å². The number of benzene rings is 1. The summed E-state index contributed by atoms with van der Waals surface area (Å²) in [5.74, 6) is -0.328. The van der Waals surface area contributed by atoms with Crippen LogP contribution in [0.5, 0.6) is 0 Å². The molecule has 1 saturated heterocycles. The van der Waals surface area contributed by atoms with E-state index in [9.17, 15) is 14.4 Å². The van der Waals surface area contributed by atoms with Gasteiger partial charge in [0, 0.05) is 19.3 Å². The number of carbonyl (C=O) groups is 3. The number of aromatic nitrogens is 2. The van der Waals surface area contributed by atoms with Crippen LogP contribution < -0.4 is 16.8 Å². The van der Waals surface area contributed by atoms with E-state index in [-0.39, 0.29) is 12.5 Å². The number of ether oxygens (including phenoxy) is 1. The summed E-state index contributed by atoms with van der Waals surface area (Å²) in [7, 11) is 0. The average molecular weight is 485 g/mol. The van der Waals surface area contributed by atoms with Crippen LogP contribution in [0.15, 0.2) is 36.7 Å². The van der Waals surface area contributed by atoms with Gasteiger partial charge in [-0.25, -0.2) is 0 Å². The molecule has 0 spiro atoms. The van der Waals surface area contributed by atoms with Gasteiger partial charge in [0.1, 0.15) is 18.9 Å². The largest absolute Gasteiger partial charge is 0.374 e. The van der Waals surface area contributed by atoms with Gasteiger partial charge in [-0.1, -0.05) is 37.3 Å². The fourth-order valence-corrected chi connectivity index (χ4v) is 3.37. The SMILES string of the molecule is CC(C)(N)C(=O)N[C@H](COCc1ccccc1)C(N)=O.CC1CCCN(C(=O)Cn2c#cnc2)C1. The molecule has 0 saturated carbocycles. The minimum atomic E-state index is -1.08. The average Bonchev–Trinajstić information content (AvgIpc) is 3.32. The van der Waals surface area contributed by atoms with Crippen LogP contribution in [0.2, 0.25) is 0 Å². The summed E-state index contributed by atoms with van der Waals surface area (Å²) in [6, 6.07) is 8.60. The zero-order valence-corrected chi connectivity index (χ0v) is 20.7. The number of primary amides is 1. The Morgan fingerprint density at radius 3 is 2.57 bits per heavy atom. The van der Waals surface area contributed by atoms with E-state index in [1.807, 2.05) is 35.2 Å². The Balaban J connectivity index is 0.000000256. The van der Waals surface area contributed by atoms with Crippen molar-refractivity contribution >= 4 is 17.7 Å². The molecule has 1 aliphatic heterocycles. The molecule has 1 aromatic heterocycles. The molecule has 190 valence electrons. The van der Waals surface area contributed by atoms with E-state index in [1.165, 1.54) is 6.42 Å². The highest BCUT2D eigenvalue weighted by atomic mass is 16.5. The number of nitrogens with one attached hydrogen (secondary N) is 1. The molecule has 0 radical (unpaired) electrons. The topological polar surface area (TPSA) is 146 Å². The first-order valence-electron chi connectivity index (χ1n) is 11.7. The molecule has 0 aliphatic carbocycles. The second-order valence-corrected chi connectivity index (χ2v) is 9.33. The van der Waals surface area contributed by atoms with Crippen molar-refractivity contribution in [1.82, 2.24) is 19.8 Å². The van der Waals surface area contributed by atoms with Crippen LogP contribution in [0, 0.1) is 18.3 Å². The van der Waals surface area contributed by atoms with Crippen molar-refractivity contribution in [1.29, 1.82) is 0 Å². The van der Waals surface area contributed by atoms with Crippen molar-refractivity contribution in [2.24, 2.45) is 17.4 Å². The van der Waals surface area contributed by atoms with Gasteiger partial charge in [-0.3, -0.25) is 19.0 Å². The van der Waals surface area contributed by atoms with Crippen molar-refractivity contribution in [2.75, 3.05) is 19.7 Å². The minimum absolute atomic E-state index is 0.00600. The molecule has 5 N–H and O–H groups in total. The zero-order chi connectivity index (χ0) is 25.8. The van der Waals surface area contributed by atoms with E-state index in [0.29, 0.717) is 19.1 Å². The number of piperidine rings is 1. The smallest absolute Gasteiger partial charge is 0.243 e. The highest BCUT2D eigenvalue weighted by molar-refractivity contribution is 5.90. The number of carbonyl (C=O) groups excluding carboxylic acids is 3. The van der Waals surface area contributed by atoms with E-state index in [2.05, 4.69) is 29.6 Å². The van der Waals surface area contributed by atoms with Crippen LogP contribution in [-0.4, -0.2) is 63.4 Å². The third-order valence-corrected chi connectivity index (χ3v) is 5.40. The third-order valence-electron chi connectivity index (χ3n) is 5.40. The van der Waals surface area contributed by atoms with Crippen molar-refractivity contribution in [3.63, 3.8) is 0 Å². The first-order valence-corrected chi connectivity index (χ1v) is 11.7. The Morgan fingerprint density at radius 1 is 1.29 bits per heavy atom. The second kappa shape index (κ2) is 13.5. The Morgan fingerprint density at radius 2 is 2.00 bits per heavy atom. The van der Waals surface area contributed by atoms with Crippen molar-refractivity contribution in [3.8, 4) is 0 Å². The molecule has 10 nitrogen and oxygen atoms in total. The maximum Gasteiger partial charge on any atom is 0.243 e. The summed E-state index contributed by atoms with van der Waals surface area (Å²) in [6.45, 7) is 7.74. The van der Waals surface area contributed by atoms with Gasteiger partial charge in [0.05, 0.1) is 24.9 Å². The normalized spacial score (nSPS) is 16.3. The zero-order valence-electron chi connectivity index (χ0n) is 20.7. The molecule has 10 heteroatoms. The molecular weight excluding hydrogens is 448 g/mol. The van der Waals surface area contributed by atoms with Crippen LogP contribution in [0.1, 0.15) is 39.2 Å². The Bertz CT molecular complexity index is 927. The lowest BCUT2D eigenvalue weighted by molar-refractivity contribution is -0.133. The number of rotatable bonds is 9. The first-order chi connectivity index (χ1) is 16.6. The Kier molecular flexibility index (Phi) is 10.7. The van der Waals surface area contributed by atoms with E-state index in [0.717, 1.165) is 25.1 Å². The summed E-state index contributed by atoms with van der Waals surface area (Å²) < 4.78 is 7.04. The van der Waals surface area contributed by atoms with Crippen LogP contribution in [0.25, 0.3) is 0 Å². The maximum absolute atomic E-state index is 11.9. The molecule has 2 heterocycles. The van der Waals surface area contributed by atoms with Crippen LogP contribution >= 0.6 is 0 Å². The number of hydrogen-bond donors (Lipinski definition) is 3. The van der Waals surface area contributed by atoms with Gasteiger partial charge in [-0.05, 0) is 38.2 Å². The third kappa shape index (κ3) is 10.2. The lowest BCUT2D eigenvalue weighted by Crippen LogP contribution is -2.56. The van der Waals surface area contributed by atoms with Crippen LogP contribution in [0.4, 0.5) is 0 Å². The number of hydrogen-bond acceptors (Lipinski definition) is 6. The van der Waals surface area contributed by atoms with Gasteiger partial charge in [0.15, 0.2) is 0 Å². The summed E-state index contributed by atoms with van der Waals surface area (Å²) in [5, 5.41) is 2.48. The quantitative estimate of drug-likeness (QED) is 0.476. The van der Waals surface area contributed by atoms with Gasteiger partial charge in [0.25, 0.3) is 0 Å². The summed E-state index contributed by atoms with van der Waals surface area (Å²) in [6.07, 6.45) is 9.24. The lowest BCUT2D eigenvalue weighted by atomic mass is 10.0. The van der Waals surface area contributed by atoms with Crippen molar-refractivity contribution < 1.29 is 19.1 Å². The summed E-state index contributed by atoms with van der Waals surface area (Å²) >= 11 is 0. The summed E-state index contributed by atoms with van der Waals surface area (Å²) in [5.41, 5.74) is 10.8. The fraction of sp³-hybridized carbons (Fsp3) is 0.520. The molecule has 1 unspecified atom stereocenters.